The Bertz CT molecular complexity index is 868. The molecule has 166 valence electrons. The third-order valence-corrected chi connectivity index (χ3v) is 6.86. The number of hydrogen-bond donors (Lipinski definition) is 1. The summed E-state index contributed by atoms with van der Waals surface area (Å²) in [5.74, 6) is 0.887. The van der Waals surface area contributed by atoms with Crippen LogP contribution in [0.4, 0.5) is 0 Å². The summed E-state index contributed by atoms with van der Waals surface area (Å²) >= 11 is 1.57. The molecule has 0 bridgehead atoms. The standard InChI is InChI=1S/C22H27N3O5S/c1-28-18-4-2-16(3-5-18)21(27)25-19(15-31-22(25)17-6-11-30-14-17)20(26)23-7-8-24-9-12-29-13-10-24/h2-6,11,14,19,22H,7-10,12-13,15H2,1H3,(H,23,26). The van der Waals surface area contributed by atoms with Gasteiger partial charge in [0.05, 0.1) is 32.8 Å². The van der Waals surface area contributed by atoms with Gasteiger partial charge >= 0.3 is 0 Å². The van der Waals surface area contributed by atoms with Crippen LogP contribution in [0.2, 0.25) is 0 Å². The van der Waals surface area contributed by atoms with Gasteiger partial charge in [-0.3, -0.25) is 14.5 Å². The van der Waals surface area contributed by atoms with Crippen molar-refractivity contribution in [1.29, 1.82) is 0 Å². The number of carbonyl (C=O) groups excluding carboxylic acids is 2. The highest BCUT2D eigenvalue weighted by atomic mass is 32.2. The molecule has 3 heterocycles. The molecule has 2 unspecified atom stereocenters. The van der Waals surface area contributed by atoms with Crippen LogP contribution >= 0.6 is 11.8 Å². The highest BCUT2D eigenvalue weighted by molar-refractivity contribution is 7.99. The van der Waals surface area contributed by atoms with E-state index >= 15 is 0 Å². The van der Waals surface area contributed by atoms with Crippen molar-refractivity contribution in [3.8, 4) is 5.75 Å². The van der Waals surface area contributed by atoms with Gasteiger partial charge in [-0.05, 0) is 30.3 Å². The number of amides is 2. The molecule has 2 fully saturated rings. The molecule has 2 aliphatic rings. The minimum Gasteiger partial charge on any atom is -0.497 e. The molecular weight excluding hydrogens is 418 g/mol. The van der Waals surface area contributed by atoms with E-state index in [2.05, 4.69) is 10.2 Å². The number of carbonyl (C=O) groups is 2. The molecule has 0 spiro atoms. The fourth-order valence-electron chi connectivity index (χ4n) is 3.79. The van der Waals surface area contributed by atoms with Crippen molar-refractivity contribution in [2.45, 2.75) is 11.4 Å². The van der Waals surface area contributed by atoms with E-state index in [4.69, 9.17) is 13.9 Å². The topological polar surface area (TPSA) is 84.2 Å². The van der Waals surface area contributed by atoms with Gasteiger partial charge in [0.25, 0.3) is 5.91 Å². The van der Waals surface area contributed by atoms with Crippen molar-refractivity contribution in [2.24, 2.45) is 0 Å². The average Bonchev–Trinajstić information content (AvgIpc) is 3.49. The molecule has 9 heteroatoms. The van der Waals surface area contributed by atoms with Gasteiger partial charge in [0, 0.05) is 43.1 Å². The van der Waals surface area contributed by atoms with Gasteiger partial charge in [-0.2, -0.15) is 0 Å². The molecule has 8 nitrogen and oxygen atoms in total. The van der Waals surface area contributed by atoms with E-state index in [9.17, 15) is 9.59 Å². The lowest BCUT2D eigenvalue weighted by atomic mass is 10.1. The van der Waals surface area contributed by atoms with Crippen molar-refractivity contribution in [2.75, 3.05) is 52.3 Å². The number of thioether (sulfide) groups is 1. The summed E-state index contributed by atoms with van der Waals surface area (Å²) in [5.41, 5.74) is 1.39. The van der Waals surface area contributed by atoms with Crippen LogP contribution in [-0.4, -0.2) is 79.9 Å². The summed E-state index contributed by atoms with van der Waals surface area (Å²) in [4.78, 5) is 30.4. The predicted octanol–water partition coefficient (Wildman–Crippen LogP) is 1.99. The molecule has 1 aromatic heterocycles. The Morgan fingerprint density at radius 2 is 1.97 bits per heavy atom. The van der Waals surface area contributed by atoms with E-state index in [1.165, 1.54) is 0 Å². The van der Waals surface area contributed by atoms with Crippen LogP contribution in [0.3, 0.4) is 0 Å². The summed E-state index contributed by atoms with van der Waals surface area (Å²) in [6.07, 6.45) is 3.21. The second kappa shape index (κ2) is 10.2. The Kier molecular flexibility index (Phi) is 7.16. The van der Waals surface area contributed by atoms with E-state index in [1.807, 2.05) is 6.07 Å². The van der Waals surface area contributed by atoms with Crippen LogP contribution in [0.1, 0.15) is 21.3 Å². The van der Waals surface area contributed by atoms with Gasteiger partial charge in [0.1, 0.15) is 17.2 Å². The van der Waals surface area contributed by atoms with E-state index in [0.717, 1.165) is 38.4 Å². The maximum atomic E-state index is 13.4. The third-order valence-electron chi connectivity index (χ3n) is 5.53. The smallest absolute Gasteiger partial charge is 0.255 e. The molecule has 2 aromatic rings. The predicted molar refractivity (Wildman–Crippen MR) is 117 cm³/mol. The molecule has 1 aromatic carbocycles. The number of rotatable bonds is 7. The molecule has 0 aliphatic carbocycles. The molecule has 4 rings (SSSR count). The highest BCUT2D eigenvalue weighted by Gasteiger charge is 2.42. The fourth-order valence-corrected chi connectivity index (χ4v) is 5.20. The minimum absolute atomic E-state index is 0.131. The zero-order valence-electron chi connectivity index (χ0n) is 17.5. The van der Waals surface area contributed by atoms with E-state index in [0.29, 0.717) is 23.6 Å². The number of hydrogen-bond acceptors (Lipinski definition) is 7. The quantitative estimate of drug-likeness (QED) is 0.698. The van der Waals surface area contributed by atoms with Crippen LogP contribution in [0.25, 0.3) is 0 Å². The zero-order chi connectivity index (χ0) is 21.6. The van der Waals surface area contributed by atoms with Crippen molar-refractivity contribution < 1.29 is 23.5 Å². The first-order valence-electron chi connectivity index (χ1n) is 10.4. The molecule has 2 saturated heterocycles. The molecule has 1 N–H and O–H groups in total. The van der Waals surface area contributed by atoms with Gasteiger partial charge < -0.3 is 24.1 Å². The molecule has 2 amide bonds. The Morgan fingerprint density at radius 1 is 1.19 bits per heavy atom. The summed E-state index contributed by atoms with van der Waals surface area (Å²) in [6, 6.07) is 8.24. The summed E-state index contributed by atoms with van der Waals surface area (Å²) < 4.78 is 15.8. The lowest BCUT2D eigenvalue weighted by molar-refractivity contribution is -0.124. The second-order valence-corrected chi connectivity index (χ2v) is 8.56. The molecule has 0 radical (unpaired) electrons. The van der Waals surface area contributed by atoms with Crippen molar-refractivity contribution in [1.82, 2.24) is 15.1 Å². The second-order valence-electron chi connectivity index (χ2n) is 7.44. The maximum Gasteiger partial charge on any atom is 0.255 e. The highest BCUT2D eigenvalue weighted by Crippen LogP contribution is 2.42. The fraction of sp³-hybridized carbons (Fsp3) is 0.455. The lowest BCUT2D eigenvalue weighted by Crippen LogP contribution is -2.49. The Labute approximate surface area is 185 Å². The first kappa shape index (κ1) is 21.7. The largest absolute Gasteiger partial charge is 0.497 e. The van der Waals surface area contributed by atoms with Gasteiger partial charge in [0.2, 0.25) is 5.91 Å². The van der Waals surface area contributed by atoms with Gasteiger partial charge in [-0.15, -0.1) is 11.8 Å². The molecule has 2 atom stereocenters. The van der Waals surface area contributed by atoms with Gasteiger partial charge in [-0.25, -0.2) is 0 Å². The summed E-state index contributed by atoms with van der Waals surface area (Å²) in [7, 11) is 1.58. The molecule has 31 heavy (non-hydrogen) atoms. The Hall–Kier alpha value is -2.49. The first-order chi connectivity index (χ1) is 15.2. The molecule has 0 saturated carbocycles. The number of methoxy groups -OCH3 is 1. The van der Waals surface area contributed by atoms with Crippen LogP contribution < -0.4 is 10.1 Å². The Balaban J connectivity index is 1.47. The number of nitrogens with zero attached hydrogens (tertiary/aromatic N) is 2. The maximum absolute atomic E-state index is 13.4. The SMILES string of the molecule is COc1ccc(C(=O)N2C(C(=O)NCCN3CCOCC3)CSC2c2ccoc2)cc1. The number of nitrogens with one attached hydrogen (secondary N) is 1. The third kappa shape index (κ3) is 5.06. The van der Waals surface area contributed by atoms with E-state index in [1.54, 1.807) is 60.6 Å². The van der Waals surface area contributed by atoms with Gasteiger partial charge in [-0.1, -0.05) is 0 Å². The van der Waals surface area contributed by atoms with Crippen molar-refractivity contribution >= 4 is 23.6 Å². The monoisotopic (exact) mass is 445 g/mol. The minimum atomic E-state index is -0.552. The van der Waals surface area contributed by atoms with Crippen LogP contribution in [-0.2, 0) is 9.53 Å². The number of furan rings is 1. The number of benzene rings is 1. The average molecular weight is 446 g/mol. The van der Waals surface area contributed by atoms with Crippen molar-refractivity contribution in [3.05, 3.63) is 54.0 Å². The Morgan fingerprint density at radius 3 is 2.65 bits per heavy atom. The van der Waals surface area contributed by atoms with Crippen LogP contribution in [0.15, 0.2) is 47.3 Å². The lowest BCUT2D eigenvalue weighted by Gasteiger charge is -2.29. The van der Waals surface area contributed by atoms with Gasteiger partial charge in [0.15, 0.2) is 0 Å². The summed E-state index contributed by atoms with van der Waals surface area (Å²) in [6.45, 7) is 4.51. The molecular formula is C22H27N3O5S. The zero-order valence-corrected chi connectivity index (χ0v) is 18.3. The number of morpholine rings is 1. The molecule has 2 aliphatic heterocycles. The van der Waals surface area contributed by atoms with E-state index < -0.39 is 6.04 Å². The summed E-state index contributed by atoms with van der Waals surface area (Å²) in [5, 5.41) is 2.75. The van der Waals surface area contributed by atoms with Crippen LogP contribution in [0, 0.1) is 0 Å². The first-order valence-corrected chi connectivity index (χ1v) is 11.4. The normalized spacial score (nSPS) is 21.8. The van der Waals surface area contributed by atoms with E-state index in [-0.39, 0.29) is 17.2 Å². The van der Waals surface area contributed by atoms with Crippen molar-refractivity contribution in [3.63, 3.8) is 0 Å². The van der Waals surface area contributed by atoms with Crippen LogP contribution in [0.5, 0.6) is 5.75 Å². The number of ether oxygens (including phenoxy) is 2.